The molecule has 1 rings (SSSR count). The van der Waals surface area contributed by atoms with Crippen molar-refractivity contribution in [2.24, 2.45) is 11.7 Å². The highest BCUT2D eigenvalue weighted by Crippen LogP contribution is 2.34. The average Bonchev–Trinajstić information content (AvgIpc) is 2.21. The fourth-order valence-electron chi connectivity index (χ4n) is 2.34. The highest BCUT2D eigenvalue weighted by molar-refractivity contribution is 5.76. The Morgan fingerprint density at radius 1 is 1.44 bits per heavy atom. The van der Waals surface area contributed by atoms with Crippen LogP contribution < -0.4 is 11.1 Å². The molecule has 94 valence electrons. The molecule has 0 bridgehead atoms. The zero-order valence-corrected chi connectivity index (χ0v) is 10.7. The van der Waals surface area contributed by atoms with E-state index in [0.29, 0.717) is 12.3 Å². The van der Waals surface area contributed by atoms with Crippen molar-refractivity contribution in [3.05, 3.63) is 0 Å². The van der Waals surface area contributed by atoms with E-state index < -0.39 is 0 Å². The van der Waals surface area contributed by atoms with Gasteiger partial charge in [0.15, 0.2) is 0 Å². The molecule has 1 unspecified atom stereocenters. The second kappa shape index (κ2) is 6.24. The molecule has 0 aliphatic heterocycles. The molecule has 0 aromatic heterocycles. The molecule has 0 aromatic rings. The van der Waals surface area contributed by atoms with Crippen LogP contribution in [0, 0.1) is 5.92 Å². The van der Waals surface area contributed by atoms with E-state index in [9.17, 15) is 4.79 Å². The van der Waals surface area contributed by atoms with Crippen LogP contribution >= 0.6 is 0 Å². The summed E-state index contributed by atoms with van der Waals surface area (Å²) in [5.74, 6) is 0.792. The summed E-state index contributed by atoms with van der Waals surface area (Å²) in [6.45, 7) is 5.05. The third-order valence-electron chi connectivity index (χ3n) is 3.92. The van der Waals surface area contributed by atoms with Gasteiger partial charge >= 0.3 is 0 Å². The van der Waals surface area contributed by atoms with Gasteiger partial charge in [0, 0.05) is 12.0 Å². The maximum Gasteiger partial charge on any atom is 0.220 e. The third kappa shape index (κ3) is 3.78. The van der Waals surface area contributed by atoms with Gasteiger partial charge in [-0.3, -0.25) is 4.79 Å². The summed E-state index contributed by atoms with van der Waals surface area (Å²) in [6, 6.07) is 0. The summed E-state index contributed by atoms with van der Waals surface area (Å²) in [5.41, 5.74) is 5.64. The first-order chi connectivity index (χ1) is 7.62. The van der Waals surface area contributed by atoms with Gasteiger partial charge in [-0.1, -0.05) is 13.8 Å². The molecule has 3 nitrogen and oxygen atoms in total. The predicted molar refractivity (Wildman–Crippen MR) is 67.1 cm³/mol. The van der Waals surface area contributed by atoms with Crippen molar-refractivity contribution < 1.29 is 4.79 Å². The number of rotatable bonds is 7. The van der Waals surface area contributed by atoms with Crippen LogP contribution in [0.1, 0.15) is 58.8 Å². The summed E-state index contributed by atoms with van der Waals surface area (Å²) in [6.07, 6.45) is 7.29. The zero-order valence-electron chi connectivity index (χ0n) is 10.7. The van der Waals surface area contributed by atoms with Crippen LogP contribution in [-0.2, 0) is 4.79 Å². The Bertz CT molecular complexity index is 218. The van der Waals surface area contributed by atoms with Crippen molar-refractivity contribution in [2.45, 2.75) is 64.3 Å². The summed E-state index contributed by atoms with van der Waals surface area (Å²) in [7, 11) is 0. The van der Waals surface area contributed by atoms with Crippen LogP contribution in [0.3, 0.4) is 0 Å². The highest BCUT2D eigenvalue weighted by atomic mass is 16.1. The van der Waals surface area contributed by atoms with Crippen LogP contribution in [0.5, 0.6) is 0 Å². The van der Waals surface area contributed by atoms with E-state index in [4.69, 9.17) is 5.73 Å². The molecule has 0 radical (unpaired) electrons. The molecule has 1 aliphatic carbocycles. The summed E-state index contributed by atoms with van der Waals surface area (Å²) in [4.78, 5) is 11.8. The molecule has 3 N–H and O–H groups in total. The Morgan fingerprint density at radius 2 is 2.12 bits per heavy atom. The lowest BCUT2D eigenvalue weighted by Crippen LogP contribution is -2.52. The predicted octanol–water partition coefficient (Wildman–Crippen LogP) is 2.20. The van der Waals surface area contributed by atoms with Crippen molar-refractivity contribution in [1.29, 1.82) is 0 Å². The van der Waals surface area contributed by atoms with E-state index in [-0.39, 0.29) is 11.4 Å². The number of amides is 1. The summed E-state index contributed by atoms with van der Waals surface area (Å²) in [5, 5.41) is 3.21. The van der Waals surface area contributed by atoms with Gasteiger partial charge in [-0.15, -0.1) is 0 Å². The van der Waals surface area contributed by atoms with E-state index >= 15 is 0 Å². The van der Waals surface area contributed by atoms with Gasteiger partial charge in [-0.05, 0) is 51.0 Å². The largest absolute Gasteiger partial charge is 0.351 e. The van der Waals surface area contributed by atoms with E-state index in [1.165, 1.54) is 6.42 Å². The van der Waals surface area contributed by atoms with Crippen LogP contribution in [-0.4, -0.2) is 18.0 Å². The molecule has 0 spiro atoms. The zero-order chi connectivity index (χ0) is 12.0. The van der Waals surface area contributed by atoms with Crippen molar-refractivity contribution in [2.75, 3.05) is 6.54 Å². The number of carbonyl (C=O) groups excluding carboxylic acids is 1. The fourth-order valence-corrected chi connectivity index (χ4v) is 2.34. The van der Waals surface area contributed by atoms with E-state index in [1.807, 2.05) is 0 Å². The minimum Gasteiger partial charge on any atom is -0.351 e. The topological polar surface area (TPSA) is 55.1 Å². The Hall–Kier alpha value is -0.570. The highest BCUT2D eigenvalue weighted by Gasteiger charge is 2.36. The number of nitrogens with one attached hydrogen (secondary N) is 1. The van der Waals surface area contributed by atoms with E-state index in [2.05, 4.69) is 19.2 Å². The molecular weight excluding hydrogens is 200 g/mol. The van der Waals surface area contributed by atoms with Crippen molar-refractivity contribution in [1.82, 2.24) is 5.32 Å². The lowest BCUT2D eigenvalue weighted by Gasteiger charge is -2.42. The van der Waals surface area contributed by atoms with Gasteiger partial charge < -0.3 is 11.1 Å². The quantitative estimate of drug-likeness (QED) is 0.699. The molecule has 0 aromatic carbocycles. The molecular formula is C13H26N2O. The van der Waals surface area contributed by atoms with Gasteiger partial charge in [0.1, 0.15) is 0 Å². The maximum absolute atomic E-state index is 11.8. The SMILES string of the molecule is CCC1(NC(=O)CCC(C)CCN)CCC1. The maximum atomic E-state index is 11.8. The van der Waals surface area contributed by atoms with Crippen molar-refractivity contribution >= 4 is 5.91 Å². The van der Waals surface area contributed by atoms with Crippen molar-refractivity contribution in [3.63, 3.8) is 0 Å². The number of carbonyl (C=O) groups is 1. The average molecular weight is 226 g/mol. The minimum absolute atomic E-state index is 0.147. The van der Waals surface area contributed by atoms with Crippen molar-refractivity contribution in [3.8, 4) is 0 Å². The number of nitrogens with two attached hydrogens (primary N) is 1. The lowest BCUT2D eigenvalue weighted by molar-refractivity contribution is -0.124. The Balaban J connectivity index is 2.20. The molecule has 1 saturated carbocycles. The molecule has 0 heterocycles. The molecule has 1 amide bonds. The number of hydrogen-bond acceptors (Lipinski definition) is 2. The summed E-state index contributed by atoms with van der Waals surface area (Å²) < 4.78 is 0. The fraction of sp³-hybridized carbons (Fsp3) is 0.923. The van der Waals surface area contributed by atoms with Gasteiger partial charge in [0.25, 0.3) is 0 Å². The second-order valence-corrected chi connectivity index (χ2v) is 5.26. The third-order valence-corrected chi connectivity index (χ3v) is 3.92. The van der Waals surface area contributed by atoms with E-state index in [0.717, 1.165) is 38.6 Å². The second-order valence-electron chi connectivity index (χ2n) is 5.26. The monoisotopic (exact) mass is 226 g/mol. The molecule has 1 aliphatic rings. The lowest BCUT2D eigenvalue weighted by atomic mass is 9.74. The smallest absolute Gasteiger partial charge is 0.220 e. The standard InChI is InChI=1S/C13H26N2O/c1-3-13(8-4-9-13)15-12(16)6-5-11(2)7-10-14/h11H,3-10,14H2,1-2H3,(H,15,16). The minimum atomic E-state index is 0.147. The molecule has 3 heteroatoms. The van der Waals surface area contributed by atoms with Gasteiger partial charge in [0.05, 0.1) is 0 Å². The van der Waals surface area contributed by atoms with Crippen LogP contribution in [0.15, 0.2) is 0 Å². The van der Waals surface area contributed by atoms with Crippen LogP contribution in [0.2, 0.25) is 0 Å². The number of hydrogen-bond donors (Lipinski definition) is 2. The van der Waals surface area contributed by atoms with Gasteiger partial charge in [-0.25, -0.2) is 0 Å². The van der Waals surface area contributed by atoms with Crippen LogP contribution in [0.25, 0.3) is 0 Å². The first kappa shape index (κ1) is 13.5. The van der Waals surface area contributed by atoms with E-state index in [1.54, 1.807) is 0 Å². The first-order valence-corrected chi connectivity index (χ1v) is 6.63. The molecule has 16 heavy (non-hydrogen) atoms. The summed E-state index contributed by atoms with van der Waals surface area (Å²) >= 11 is 0. The van der Waals surface area contributed by atoms with Gasteiger partial charge in [0.2, 0.25) is 5.91 Å². The van der Waals surface area contributed by atoms with Crippen LogP contribution in [0.4, 0.5) is 0 Å². The Labute approximate surface area is 99.2 Å². The molecule has 1 fully saturated rings. The molecule has 0 saturated heterocycles. The van der Waals surface area contributed by atoms with Gasteiger partial charge in [-0.2, -0.15) is 0 Å². The molecule has 1 atom stereocenters. The first-order valence-electron chi connectivity index (χ1n) is 6.63. The normalized spacial score (nSPS) is 19.9. The Kier molecular flexibility index (Phi) is 5.26. The Morgan fingerprint density at radius 3 is 2.56 bits per heavy atom.